The first kappa shape index (κ1) is 20.7. The predicted molar refractivity (Wildman–Crippen MR) is 102 cm³/mol. The molecule has 3 nitrogen and oxygen atoms in total. The Morgan fingerprint density at radius 1 is 1.00 bits per heavy atom. The highest BCUT2D eigenvalue weighted by Crippen LogP contribution is 2.40. The van der Waals surface area contributed by atoms with E-state index in [1.165, 1.54) is 0 Å². The molecule has 1 fully saturated rings. The summed E-state index contributed by atoms with van der Waals surface area (Å²) in [7, 11) is -3.66. The molecular formula is C15H34BClO3Si2. The minimum Gasteiger partial charge on any atom is -0.415 e. The summed E-state index contributed by atoms with van der Waals surface area (Å²) in [4.78, 5) is 0. The summed E-state index contributed by atoms with van der Waals surface area (Å²) in [6.45, 7) is 19.3. The molecule has 1 aliphatic rings. The average Bonchev–Trinajstić information content (AvgIpc) is 2.41. The first-order valence-electron chi connectivity index (χ1n) is 8.38. The van der Waals surface area contributed by atoms with Crippen LogP contribution in [0.2, 0.25) is 37.7 Å². The Bertz CT molecular complexity index is 369. The van der Waals surface area contributed by atoms with Crippen LogP contribution >= 0.6 is 11.1 Å². The van der Waals surface area contributed by atoms with Crippen molar-refractivity contribution in [3.8, 4) is 0 Å². The molecule has 7 heteroatoms. The zero-order valence-corrected chi connectivity index (χ0v) is 18.6. The second-order valence-electron chi connectivity index (χ2n) is 8.73. The molecule has 130 valence electrons. The van der Waals surface area contributed by atoms with Crippen molar-refractivity contribution in [3.05, 3.63) is 0 Å². The van der Waals surface area contributed by atoms with Gasteiger partial charge in [0.1, 0.15) is 7.38 Å². The van der Waals surface area contributed by atoms with Crippen LogP contribution in [0.4, 0.5) is 0 Å². The summed E-state index contributed by atoms with van der Waals surface area (Å²) in [6, 6.07) is 2.17. The van der Waals surface area contributed by atoms with Crippen molar-refractivity contribution < 1.29 is 13.7 Å². The van der Waals surface area contributed by atoms with Crippen LogP contribution in [0, 0.1) is 0 Å². The number of hydrogen-bond acceptors (Lipinski definition) is 3. The third-order valence-electron chi connectivity index (χ3n) is 4.67. The Balaban J connectivity index is 2.78. The van der Waals surface area contributed by atoms with E-state index in [1.807, 2.05) is 0 Å². The van der Waals surface area contributed by atoms with Crippen molar-refractivity contribution in [1.29, 1.82) is 0 Å². The fourth-order valence-corrected chi connectivity index (χ4v) is 10.5. The predicted octanol–water partition coefficient (Wildman–Crippen LogP) is 5.06. The maximum absolute atomic E-state index is 6.53. The minimum atomic E-state index is -1.91. The molecule has 0 N–H and O–H groups in total. The lowest BCUT2D eigenvalue weighted by atomic mass is 9.90. The zero-order valence-electron chi connectivity index (χ0n) is 15.9. The highest BCUT2D eigenvalue weighted by Gasteiger charge is 2.53. The van der Waals surface area contributed by atoms with Gasteiger partial charge in [-0.1, -0.05) is 13.1 Å². The van der Waals surface area contributed by atoms with Crippen LogP contribution in [-0.4, -0.2) is 40.1 Å². The molecule has 1 heterocycles. The molecule has 1 unspecified atom stereocenters. The summed E-state index contributed by atoms with van der Waals surface area (Å²) in [6.07, 6.45) is 0.235. The molecule has 22 heavy (non-hydrogen) atoms. The molecule has 0 amide bonds. The molecule has 0 saturated carbocycles. The van der Waals surface area contributed by atoms with Gasteiger partial charge in [-0.2, -0.15) is 11.1 Å². The molecule has 0 aromatic heterocycles. The van der Waals surface area contributed by atoms with E-state index in [0.717, 1.165) is 18.0 Å². The maximum Gasteiger partial charge on any atom is 0.457 e. The summed E-state index contributed by atoms with van der Waals surface area (Å²) >= 11 is 6.53. The third kappa shape index (κ3) is 5.95. The van der Waals surface area contributed by atoms with Crippen LogP contribution in [0.1, 0.15) is 41.5 Å². The summed E-state index contributed by atoms with van der Waals surface area (Å²) in [5.74, 6) is 0.874. The van der Waals surface area contributed by atoms with E-state index < -0.39 is 15.7 Å². The van der Waals surface area contributed by atoms with E-state index in [0.29, 0.717) is 0 Å². The van der Waals surface area contributed by atoms with Gasteiger partial charge in [0.05, 0.1) is 11.2 Å². The topological polar surface area (TPSA) is 27.7 Å². The van der Waals surface area contributed by atoms with Crippen molar-refractivity contribution in [2.75, 3.05) is 0 Å². The Kier molecular flexibility index (Phi) is 6.48. The minimum absolute atomic E-state index is 0.166. The Morgan fingerprint density at radius 3 is 1.82 bits per heavy atom. The SMILES string of the molecule is CC(C)O[Si](C)(CC[Si](C)(C)Cl)CB1OC(C)(C)C(C)(C)O1. The number of hydrogen-bond donors (Lipinski definition) is 0. The van der Waals surface area contributed by atoms with Crippen LogP contribution in [0.3, 0.4) is 0 Å². The first-order chi connectivity index (χ1) is 9.66. The molecule has 1 aliphatic heterocycles. The summed E-state index contributed by atoms with van der Waals surface area (Å²) in [5, 5.41) is 0. The maximum atomic E-state index is 6.53. The van der Waals surface area contributed by atoms with E-state index >= 15 is 0 Å². The van der Waals surface area contributed by atoms with Gasteiger partial charge in [-0.05, 0) is 60.2 Å². The molecule has 1 rings (SSSR count). The molecule has 0 aromatic carbocycles. The van der Waals surface area contributed by atoms with E-state index in [-0.39, 0.29) is 24.4 Å². The smallest absolute Gasteiger partial charge is 0.415 e. The van der Waals surface area contributed by atoms with Gasteiger partial charge in [0.25, 0.3) is 0 Å². The van der Waals surface area contributed by atoms with E-state index in [9.17, 15) is 0 Å². The molecule has 0 spiro atoms. The number of halogens is 1. The van der Waals surface area contributed by atoms with Crippen molar-refractivity contribution >= 4 is 33.9 Å². The van der Waals surface area contributed by atoms with Crippen LogP contribution in [0.5, 0.6) is 0 Å². The lowest BCUT2D eigenvalue weighted by Gasteiger charge is -2.32. The van der Waals surface area contributed by atoms with Crippen molar-refractivity contribution in [3.63, 3.8) is 0 Å². The van der Waals surface area contributed by atoms with E-state index in [1.54, 1.807) is 0 Å². The Labute approximate surface area is 144 Å². The summed E-state index contributed by atoms with van der Waals surface area (Å²) in [5.41, 5.74) is -0.545. The van der Waals surface area contributed by atoms with Gasteiger partial charge in [-0.25, -0.2) is 0 Å². The Hall–Kier alpha value is 0.669. The Morgan fingerprint density at radius 2 is 1.45 bits per heavy atom. The van der Waals surface area contributed by atoms with Crippen LogP contribution in [-0.2, 0) is 13.7 Å². The standard InChI is InChI=1S/C15H34BClO3Si2/c1-13(2)18-22(9,11-10-21(7,8)17)12-16-19-14(3,4)15(5,6)20-16/h13H,10-12H2,1-9H3. The monoisotopic (exact) mass is 364 g/mol. The van der Waals surface area contributed by atoms with E-state index in [2.05, 4.69) is 61.2 Å². The van der Waals surface area contributed by atoms with Crippen molar-refractivity contribution in [2.24, 2.45) is 0 Å². The van der Waals surface area contributed by atoms with Crippen molar-refractivity contribution in [2.45, 2.75) is 96.5 Å². The molecule has 0 bridgehead atoms. The molecule has 0 aliphatic carbocycles. The highest BCUT2D eigenvalue weighted by molar-refractivity contribution is 7.19. The second kappa shape index (κ2) is 6.88. The second-order valence-corrected chi connectivity index (χ2v) is 19.8. The van der Waals surface area contributed by atoms with Gasteiger partial charge in [0.15, 0.2) is 8.32 Å². The molecule has 1 atom stereocenters. The van der Waals surface area contributed by atoms with E-state index in [4.69, 9.17) is 24.8 Å². The molecule has 0 radical (unpaired) electrons. The molecule has 1 saturated heterocycles. The van der Waals surface area contributed by atoms with Crippen LogP contribution in [0.25, 0.3) is 0 Å². The number of rotatable bonds is 7. The van der Waals surface area contributed by atoms with Crippen LogP contribution in [0.15, 0.2) is 0 Å². The summed E-state index contributed by atoms with van der Waals surface area (Å²) < 4.78 is 18.7. The van der Waals surface area contributed by atoms with Gasteiger partial charge in [-0.15, -0.1) is 0 Å². The average molecular weight is 365 g/mol. The fourth-order valence-electron chi connectivity index (χ4n) is 2.74. The van der Waals surface area contributed by atoms with Gasteiger partial charge in [-0.3, -0.25) is 0 Å². The quantitative estimate of drug-likeness (QED) is 0.466. The van der Waals surface area contributed by atoms with Crippen LogP contribution < -0.4 is 0 Å². The lowest BCUT2D eigenvalue weighted by Crippen LogP contribution is -2.44. The lowest BCUT2D eigenvalue weighted by molar-refractivity contribution is 0.00578. The zero-order chi connectivity index (χ0) is 17.4. The van der Waals surface area contributed by atoms with Gasteiger partial charge < -0.3 is 13.7 Å². The highest BCUT2D eigenvalue weighted by atomic mass is 35.6. The van der Waals surface area contributed by atoms with Gasteiger partial charge >= 0.3 is 7.12 Å². The van der Waals surface area contributed by atoms with Gasteiger partial charge in [0, 0.05) is 12.0 Å². The van der Waals surface area contributed by atoms with Gasteiger partial charge in [0.2, 0.25) is 0 Å². The normalized spacial score (nSPS) is 23.9. The first-order valence-corrected chi connectivity index (χ1v) is 15.4. The molecule has 0 aromatic rings. The largest absolute Gasteiger partial charge is 0.457 e. The van der Waals surface area contributed by atoms with Crippen molar-refractivity contribution in [1.82, 2.24) is 0 Å². The molecular weight excluding hydrogens is 331 g/mol. The third-order valence-corrected chi connectivity index (χ3v) is 10.7. The fraction of sp³-hybridized carbons (Fsp3) is 1.00.